The van der Waals surface area contributed by atoms with Gasteiger partial charge in [0, 0.05) is 4.47 Å². The zero-order chi connectivity index (χ0) is 20.7. The molecule has 150 valence electrons. The van der Waals surface area contributed by atoms with E-state index in [0.29, 0.717) is 11.5 Å². The number of nitrogens with one attached hydrogen (secondary N) is 2. The van der Waals surface area contributed by atoms with Gasteiger partial charge >= 0.3 is 0 Å². The van der Waals surface area contributed by atoms with Crippen LogP contribution in [0.25, 0.3) is 0 Å². The molecule has 0 fully saturated rings. The molecule has 0 aromatic heterocycles. The van der Waals surface area contributed by atoms with E-state index in [1.165, 1.54) is 27.4 Å². The van der Waals surface area contributed by atoms with Crippen molar-refractivity contribution in [3.05, 3.63) is 46.4 Å². The Hall–Kier alpha value is -2.94. The molecule has 28 heavy (non-hydrogen) atoms. The van der Waals surface area contributed by atoms with Gasteiger partial charge in [-0.25, -0.2) is 0 Å². The minimum absolute atomic E-state index is 0.168. The standard InChI is InChI=1S/C19H21BrN2O6/c1-11(28-13-7-5-6-12(20)10-13)18(23)21-22-19(24)14-8-9-15(25-2)17(27-4)16(14)26-3/h5-11H,1-4H3,(H,21,23)(H,22,24). The maximum atomic E-state index is 12.5. The predicted molar refractivity (Wildman–Crippen MR) is 106 cm³/mol. The van der Waals surface area contributed by atoms with Gasteiger partial charge < -0.3 is 18.9 Å². The number of halogens is 1. The van der Waals surface area contributed by atoms with Gasteiger partial charge in [0.1, 0.15) is 5.75 Å². The number of ether oxygens (including phenoxy) is 4. The van der Waals surface area contributed by atoms with Crippen molar-refractivity contribution in [1.82, 2.24) is 10.9 Å². The first-order valence-electron chi connectivity index (χ1n) is 8.22. The maximum Gasteiger partial charge on any atom is 0.279 e. The van der Waals surface area contributed by atoms with Crippen LogP contribution in [0, 0.1) is 0 Å². The van der Waals surface area contributed by atoms with Crippen molar-refractivity contribution in [2.45, 2.75) is 13.0 Å². The average molecular weight is 453 g/mol. The first-order valence-corrected chi connectivity index (χ1v) is 9.02. The summed E-state index contributed by atoms with van der Waals surface area (Å²) in [6.45, 7) is 1.57. The first kappa shape index (κ1) is 21.4. The Balaban J connectivity index is 2.04. The van der Waals surface area contributed by atoms with Gasteiger partial charge in [0.05, 0.1) is 26.9 Å². The van der Waals surface area contributed by atoms with Gasteiger partial charge in [-0.05, 0) is 37.3 Å². The molecule has 2 rings (SSSR count). The van der Waals surface area contributed by atoms with Gasteiger partial charge in [-0.1, -0.05) is 22.0 Å². The predicted octanol–water partition coefficient (Wildman–Crippen LogP) is 2.70. The Morgan fingerprint density at radius 1 is 0.964 bits per heavy atom. The summed E-state index contributed by atoms with van der Waals surface area (Å²) in [5.41, 5.74) is 4.83. The van der Waals surface area contributed by atoms with Crippen LogP contribution in [0.5, 0.6) is 23.0 Å². The van der Waals surface area contributed by atoms with Gasteiger partial charge in [0.15, 0.2) is 17.6 Å². The number of hydrogen-bond acceptors (Lipinski definition) is 6. The Morgan fingerprint density at radius 2 is 1.68 bits per heavy atom. The summed E-state index contributed by atoms with van der Waals surface area (Å²) in [6.07, 6.45) is -0.832. The highest BCUT2D eigenvalue weighted by atomic mass is 79.9. The fraction of sp³-hybridized carbons (Fsp3) is 0.263. The molecule has 0 bridgehead atoms. The van der Waals surface area contributed by atoms with E-state index in [-0.39, 0.29) is 17.1 Å². The summed E-state index contributed by atoms with van der Waals surface area (Å²) in [5, 5.41) is 0. The Bertz CT molecular complexity index is 858. The lowest BCUT2D eigenvalue weighted by molar-refractivity contribution is -0.128. The largest absolute Gasteiger partial charge is 0.493 e. The van der Waals surface area contributed by atoms with Crippen LogP contribution in [0.1, 0.15) is 17.3 Å². The summed E-state index contributed by atoms with van der Waals surface area (Å²) < 4.78 is 22.1. The number of hydrogen-bond donors (Lipinski definition) is 2. The van der Waals surface area contributed by atoms with Crippen molar-refractivity contribution in [3.63, 3.8) is 0 Å². The summed E-state index contributed by atoms with van der Waals surface area (Å²) in [5.74, 6) is 0.289. The van der Waals surface area contributed by atoms with Crippen LogP contribution in [0.15, 0.2) is 40.9 Å². The average Bonchev–Trinajstić information content (AvgIpc) is 2.70. The second-order valence-corrected chi connectivity index (χ2v) is 6.46. The first-order chi connectivity index (χ1) is 13.4. The molecule has 0 saturated heterocycles. The second kappa shape index (κ2) is 9.84. The molecule has 2 amide bonds. The van der Waals surface area contributed by atoms with Crippen LogP contribution in [-0.4, -0.2) is 39.2 Å². The molecule has 2 N–H and O–H groups in total. The van der Waals surface area contributed by atoms with Gasteiger partial charge in [-0.15, -0.1) is 0 Å². The van der Waals surface area contributed by atoms with Crippen molar-refractivity contribution in [3.8, 4) is 23.0 Å². The molecule has 0 saturated carbocycles. The zero-order valence-electron chi connectivity index (χ0n) is 15.9. The lowest BCUT2D eigenvalue weighted by Gasteiger charge is -2.17. The highest BCUT2D eigenvalue weighted by Gasteiger charge is 2.22. The molecule has 0 spiro atoms. The van der Waals surface area contributed by atoms with Gasteiger partial charge in [0.25, 0.3) is 11.8 Å². The number of methoxy groups -OCH3 is 3. The summed E-state index contributed by atoms with van der Waals surface area (Å²) in [4.78, 5) is 24.7. The van der Waals surface area contributed by atoms with Crippen LogP contribution in [0.4, 0.5) is 0 Å². The SMILES string of the molecule is COc1ccc(C(=O)NNC(=O)C(C)Oc2cccc(Br)c2)c(OC)c1OC. The monoisotopic (exact) mass is 452 g/mol. The Labute approximate surface area is 171 Å². The zero-order valence-corrected chi connectivity index (χ0v) is 17.5. The van der Waals surface area contributed by atoms with E-state index in [9.17, 15) is 9.59 Å². The number of amides is 2. The smallest absolute Gasteiger partial charge is 0.279 e. The molecule has 0 aliphatic heterocycles. The topological polar surface area (TPSA) is 95.1 Å². The molecule has 1 atom stereocenters. The summed E-state index contributed by atoms with van der Waals surface area (Å²) in [6, 6.07) is 10.2. The van der Waals surface area contributed by atoms with E-state index in [1.807, 2.05) is 6.07 Å². The van der Waals surface area contributed by atoms with Crippen LogP contribution in [0.2, 0.25) is 0 Å². The molecule has 2 aromatic rings. The van der Waals surface area contributed by atoms with E-state index in [1.54, 1.807) is 31.2 Å². The summed E-state index contributed by atoms with van der Waals surface area (Å²) >= 11 is 3.33. The van der Waals surface area contributed by atoms with E-state index < -0.39 is 17.9 Å². The van der Waals surface area contributed by atoms with Gasteiger partial charge in [-0.2, -0.15) is 0 Å². The van der Waals surface area contributed by atoms with Crippen molar-refractivity contribution in [1.29, 1.82) is 0 Å². The number of carbonyl (C=O) groups is 2. The van der Waals surface area contributed by atoms with Crippen molar-refractivity contribution < 1.29 is 28.5 Å². The van der Waals surface area contributed by atoms with Crippen LogP contribution < -0.4 is 29.8 Å². The third kappa shape index (κ3) is 5.07. The minimum Gasteiger partial charge on any atom is -0.493 e. The van der Waals surface area contributed by atoms with E-state index in [4.69, 9.17) is 18.9 Å². The number of rotatable bonds is 7. The molecular formula is C19H21BrN2O6. The van der Waals surface area contributed by atoms with E-state index in [2.05, 4.69) is 26.8 Å². The quantitative estimate of drug-likeness (QED) is 0.627. The normalized spacial score (nSPS) is 11.2. The fourth-order valence-electron chi connectivity index (χ4n) is 2.37. The molecule has 0 aliphatic carbocycles. The van der Waals surface area contributed by atoms with Crippen molar-refractivity contribution in [2.24, 2.45) is 0 Å². The fourth-order valence-corrected chi connectivity index (χ4v) is 2.74. The third-order valence-corrected chi connectivity index (χ3v) is 4.22. The number of benzene rings is 2. The third-order valence-electron chi connectivity index (χ3n) is 3.73. The molecule has 9 heteroatoms. The van der Waals surface area contributed by atoms with Gasteiger partial charge in [0.2, 0.25) is 5.75 Å². The molecule has 0 radical (unpaired) electrons. The van der Waals surface area contributed by atoms with Crippen molar-refractivity contribution in [2.75, 3.05) is 21.3 Å². The number of carbonyl (C=O) groups excluding carboxylic acids is 2. The maximum absolute atomic E-state index is 12.5. The lowest BCUT2D eigenvalue weighted by Crippen LogP contribution is -2.47. The number of hydrazine groups is 1. The molecule has 0 aliphatic rings. The lowest BCUT2D eigenvalue weighted by atomic mass is 10.1. The second-order valence-electron chi connectivity index (χ2n) is 5.54. The van der Waals surface area contributed by atoms with Crippen molar-refractivity contribution >= 4 is 27.7 Å². The minimum atomic E-state index is -0.832. The molecule has 1 unspecified atom stereocenters. The van der Waals surface area contributed by atoms with Gasteiger partial charge in [-0.3, -0.25) is 20.4 Å². The van der Waals surface area contributed by atoms with Crippen LogP contribution in [-0.2, 0) is 4.79 Å². The Kier molecular flexibility index (Phi) is 7.51. The Morgan fingerprint density at radius 3 is 2.29 bits per heavy atom. The van der Waals surface area contributed by atoms with Crippen LogP contribution in [0.3, 0.4) is 0 Å². The van der Waals surface area contributed by atoms with E-state index in [0.717, 1.165) is 4.47 Å². The summed E-state index contributed by atoms with van der Waals surface area (Å²) in [7, 11) is 4.31. The van der Waals surface area contributed by atoms with Crippen LogP contribution >= 0.6 is 15.9 Å². The molecule has 0 heterocycles. The molecule has 2 aromatic carbocycles. The highest BCUT2D eigenvalue weighted by Crippen LogP contribution is 2.39. The molecular weight excluding hydrogens is 432 g/mol. The van der Waals surface area contributed by atoms with E-state index >= 15 is 0 Å². The highest BCUT2D eigenvalue weighted by molar-refractivity contribution is 9.10. The molecule has 8 nitrogen and oxygen atoms in total.